The minimum Gasteiger partial charge on any atom is -0.493 e. The number of rotatable bonds is 10. The molecule has 136 valence electrons. The Bertz CT molecular complexity index is 490. The van der Waals surface area contributed by atoms with E-state index < -0.39 is 0 Å². The van der Waals surface area contributed by atoms with E-state index in [0.717, 1.165) is 25.4 Å². The maximum Gasteiger partial charge on any atom is 0.338 e. The van der Waals surface area contributed by atoms with Crippen molar-refractivity contribution in [1.29, 1.82) is 0 Å². The lowest BCUT2D eigenvalue weighted by molar-refractivity contribution is 0.0274. The van der Waals surface area contributed by atoms with Crippen LogP contribution in [-0.4, -0.2) is 43.7 Å². The van der Waals surface area contributed by atoms with Crippen molar-refractivity contribution < 1.29 is 14.3 Å². The summed E-state index contributed by atoms with van der Waals surface area (Å²) in [6.45, 7) is 16.8. The Kier molecular flexibility index (Phi) is 8.26. The number of carbonyl (C=O) groups excluding carboxylic acids is 1. The van der Waals surface area contributed by atoms with Gasteiger partial charge in [-0.15, -0.1) is 0 Å². The lowest BCUT2D eigenvalue weighted by atomic mass is 9.94. The quantitative estimate of drug-likeness (QED) is 0.599. The number of nitrogens with zero attached hydrogens (tertiary/aromatic N) is 1. The molecule has 0 aliphatic carbocycles. The maximum absolute atomic E-state index is 12.2. The van der Waals surface area contributed by atoms with Crippen molar-refractivity contribution in [2.75, 3.05) is 32.8 Å². The molecule has 0 spiro atoms. The van der Waals surface area contributed by atoms with Gasteiger partial charge in [0.15, 0.2) is 0 Å². The zero-order valence-electron chi connectivity index (χ0n) is 16.1. The number of hydrogen-bond donors (Lipinski definition) is 0. The van der Waals surface area contributed by atoms with E-state index >= 15 is 0 Å². The SMILES string of the molecule is CCN(CC)CC(C)(C)COC(=O)c1ccc(OCC(C)C)cc1. The third-order valence-electron chi connectivity index (χ3n) is 3.81. The summed E-state index contributed by atoms with van der Waals surface area (Å²) in [7, 11) is 0. The lowest BCUT2D eigenvalue weighted by Gasteiger charge is -2.30. The molecule has 1 aromatic carbocycles. The van der Waals surface area contributed by atoms with Gasteiger partial charge in [0.1, 0.15) is 5.75 Å². The molecule has 0 fully saturated rings. The molecule has 0 aliphatic heterocycles. The maximum atomic E-state index is 12.2. The molecule has 0 N–H and O–H groups in total. The first-order valence-electron chi connectivity index (χ1n) is 8.89. The largest absolute Gasteiger partial charge is 0.493 e. The molecule has 0 amide bonds. The molecular weight excluding hydrogens is 302 g/mol. The first-order chi connectivity index (χ1) is 11.3. The van der Waals surface area contributed by atoms with E-state index in [2.05, 4.69) is 46.4 Å². The van der Waals surface area contributed by atoms with Crippen LogP contribution in [-0.2, 0) is 4.74 Å². The van der Waals surface area contributed by atoms with Crippen molar-refractivity contribution in [3.63, 3.8) is 0 Å². The Hall–Kier alpha value is -1.55. The second-order valence-electron chi connectivity index (χ2n) is 7.43. The van der Waals surface area contributed by atoms with Crippen molar-refractivity contribution >= 4 is 5.97 Å². The van der Waals surface area contributed by atoms with Gasteiger partial charge in [0.2, 0.25) is 0 Å². The van der Waals surface area contributed by atoms with Gasteiger partial charge >= 0.3 is 5.97 Å². The molecular formula is C20H33NO3. The van der Waals surface area contributed by atoms with Gasteiger partial charge in [0.05, 0.1) is 18.8 Å². The zero-order chi connectivity index (χ0) is 18.2. The van der Waals surface area contributed by atoms with Crippen LogP contribution in [0.15, 0.2) is 24.3 Å². The fraction of sp³-hybridized carbons (Fsp3) is 0.650. The van der Waals surface area contributed by atoms with E-state index in [1.54, 1.807) is 12.1 Å². The Balaban J connectivity index is 2.52. The van der Waals surface area contributed by atoms with Crippen LogP contribution in [0.1, 0.15) is 51.9 Å². The molecule has 4 nitrogen and oxygen atoms in total. The predicted molar refractivity (Wildman–Crippen MR) is 98.6 cm³/mol. The van der Waals surface area contributed by atoms with Gasteiger partial charge in [-0.3, -0.25) is 0 Å². The summed E-state index contributed by atoms with van der Waals surface area (Å²) in [6.07, 6.45) is 0. The van der Waals surface area contributed by atoms with Crippen LogP contribution in [0.3, 0.4) is 0 Å². The molecule has 0 saturated heterocycles. The summed E-state index contributed by atoms with van der Waals surface area (Å²) < 4.78 is 11.1. The van der Waals surface area contributed by atoms with E-state index in [4.69, 9.17) is 9.47 Å². The number of esters is 1. The molecule has 1 rings (SSSR count). The monoisotopic (exact) mass is 335 g/mol. The molecule has 24 heavy (non-hydrogen) atoms. The third kappa shape index (κ3) is 7.35. The van der Waals surface area contributed by atoms with Gasteiger partial charge in [-0.1, -0.05) is 41.5 Å². The second-order valence-corrected chi connectivity index (χ2v) is 7.43. The predicted octanol–water partition coefficient (Wildman–Crippen LogP) is 4.25. The van der Waals surface area contributed by atoms with Gasteiger partial charge in [0, 0.05) is 12.0 Å². The topological polar surface area (TPSA) is 38.8 Å². The standard InChI is InChI=1S/C20H33NO3/c1-7-21(8-2)14-20(5,6)15-24-19(22)17-9-11-18(12-10-17)23-13-16(3)4/h9-12,16H,7-8,13-15H2,1-6H3. The Morgan fingerprint density at radius 1 is 1.12 bits per heavy atom. The van der Waals surface area contributed by atoms with Gasteiger partial charge < -0.3 is 14.4 Å². The molecule has 4 heteroatoms. The van der Waals surface area contributed by atoms with Crippen LogP contribution in [0, 0.1) is 11.3 Å². The molecule has 0 aromatic heterocycles. The Labute approximate surface area is 147 Å². The van der Waals surface area contributed by atoms with E-state index in [-0.39, 0.29) is 11.4 Å². The second kappa shape index (κ2) is 9.67. The van der Waals surface area contributed by atoms with E-state index in [1.165, 1.54) is 0 Å². The molecule has 0 saturated carbocycles. The van der Waals surface area contributed by atoms with Crippen LogP contribution in [0.25, 0.3) is 0 Å². The van der Waals surface area contributed by atoms with Crippen molar-refractivity contribution in [1.82, 2.24) is 4.90 Å². The summed E-state index contributed by atoms with van der Waals surface area (Å²) in [6, 6.07) is 7.16. The number of ether oxygens (including phenoxy) is 2. The highest BCUT2D eigenvalue weighted by Crippen LogP contribution is 2.19. The van der Waals surface area contributed by atoms with Crippen molar-refractivity contribution in [2.24, 2.45) is 11.3 Å². The van der Waals surface area contributed by atoms with E-state index in [1.807, 2.05) is 12.1 Å². The number of benzene rings is 1. The van der Waals surface area contributed by atoms with Crippen LogP contribution in [0.4, 0.5) is 0 Å². The molecule has 0 heterocycles. The molecule has 1 aromatic rings. The van der Waals surface area contributed by atoms with Gasteiger partial charge in [0.25, 0.3) is 0 Å². The number of carbonyl (C=O) groups is 1. The molecule has 0 bridgehead atoms. The number of hydrogen-bond acceptors (Lipinski definition) is 4. The first kappa shape index (κ1) is 20.5. The van der Waals surface area contributed by atoms with E-state index in [9.17, 15) is 4.79 Å². The van der Waals surface area contributed by atoms with Crippen LogP contribution in [0.5, 0.6) is 5.75 Å². The summed E-state index contributed by atoms with van der Waals surface area (Å²) >= 11 is 0. The molecule has 0 unspecified atom stereocenters. The minimum absolute atomic E-state index is 0.0675. The van der Waals surface area contributed by atoms with Crippen molar-refractivity contribution in [3.05, 3.63) is 29.8 Å². The molecule has 0 aliphatic rings. The van der Waals surface area contributed by atoms with E-state index in [0.29, 0.717) is 24.7 Å². The average Bonchev–Trinajstić information content (AvgIpc) is 2.56. The zero-order valence-corrected chi connectivity index (χ0v) is 16.1. The molecule has 0 radical (unpaired) electrons. The first-order valence-corrected chi connectivity index (χ1v) is 8.89. The Morgan fingerprint density at radius 2 is 1.71 bits per heavy atom. The summed E-state index contributed by atoms with van der Waals surface area (Å²) in [5, 5.41) is 0. The van der Waals surface area contributed by atoms with Crippen molar-refractivity contribution in [2.45, 2.75) is 41.5 Å². The van der Waals surface area contributed by atoms with Gasteiger partial charge in [-0.2, -0.15) is 0 Å². The van der Waals surface area contributed by atoms with Crippen LogP contribution < -0.4 is 4.74 Å². The Morgan fingerprint density at radius 3 is 2.21 bits per heavy atom. The van der Waals surface area contributed by atoms with Gasteiger partial charge in [-0.25, -0.2) is 4.79 Å². The van der Waals surface area contributed by atoms with Crippen molar-refractivity contribution in [3.8, 4) is 5.75 Å². The fourth-order valence-corrected chi connectivity index (χ4v) is 2.39. The van der Waals surface area contributed by atoms with Crippen LogP contribution in [0.2, 0.25) is 0 Å². The normalized spacial score (nSPS) is 11.8. The highest BCUT2D eigenvalue weighted by atomic mass is 16.5. The summed E-state index contributed by atoms with van der Waals surface area (Å²) in [5.74, 6) is 0.975. The fourth-order valence-electron chi connectivity index (χ4n) is 2.39. The molecule has 0 atom stereocenters. The van der Waals surface area contributed by atoms with Crippen LogP contribution >= 0.6 is 0 Å². The summed E-state index contributed by atoms with van der Waals surface area (Å²) in [5.41, 5.74) is 0.493. The third-order valence-corrected chi connectivity index (χ3v) is 3.81. The average molecular weight is 335 g/mol. The lowest BCUT2D eigenvalue weighted by Crippen LogP contribution is -2.37. The smallest absolute Gasteiger partial charge is 0.338 e. The highest BCUT2D eigenvalue weighted by molar-refractivity contribution is 5.89. The minimum atomic E-state index is -0.280. The summed E-state index contributed by atoms with van der Waals surface area (Å²) in [4.78, 5) is 14.6. The highest BCUT2D eigenvalue weighted by Gasteiger charge is 2.23. The van der Waals surface area contributed by atoms with Gasteiger partial charge in [-0.05, 0) is 43.3 Å².